The highest BCUT2D eigenvalue weighted by atomic mass is 32.2. The number of anilines is 1. The summed E-state index contributed by atoms with van der Waals surface area (Å²) >= 11 is 0. The van der Waals surface area contributed by atoms with Crippen LogP contribution >= 0.6 is 0 Å². The average molecular weight is 391 g/mol. The maximum atomic E-state index is 12.3. The first-order valence-electron chi connectivity index (χ1n) is 8.03. The molecule has 0 spiro atoms. The molecule has 1 amide bonds. The van der Waals surface area contributed by atoms with Gasteiger partial charge in [0.1, 0.15) is 0 Å². The standard InChI is InChI=1S/C19H21NO6S/c1-12(26-19(22)14-7-5-6-8-17(14)27(4)23)18(21)20-13-9-10-15(24-2)16(11-13)25-3/h5-12H,1-4H3,(H,20,21)/t12-,27-/m0/s1. The van der Waals surface area contributed by atoms with Crippen LogP contribution in [0.1, 0.15) is 17.3 Å². The Morgan fingerprint density at radius 3 is 2.33 bits per heavy atom. The first-order chi connectivity index (χ1) is 12.9. The van der Waals surface area contributed by atoms with E-state index in [0.29, 0.717) is 22.1 Å². The molecule has 8 heteroatoms. The number of rotatable bonds is 7. The van der Waals surface area contributed by atoms with Crippen LogP contribution in [0.15, 0.2) is 47.4 Å². The zero-order chi connectivity index (χ0) is 20.0. The number of carbonyl (C=O) groups is 2. The lowest BCUT2D eigenvalue weighted by atomic mass is 10.2. The molecule has 2 rings (SSSR count). The Bertz CT molecular complexity index is 867. The summed E-state index contributed by atoms with van der Waals surface area (Å²) in [4.78, 5) is 25.0. The number of carbonyl (C=O) groups excluding carboxylic acids is 2. The summed E-state index contributed by atoms with van der Waals surface area (Å²) in [6.07, 6.45) is 0.420. The third kappa shape index (κ3) is 5.07. The molecule has 0 radical (unpaired) electrons. The fourth-order valence-corrected chi connectivity index (χ4v) is 3.05. The summed E-state index contributed by atoms with van der Waals surface area (Å²) in [5, 5.41) is 2.65. The van der Waals surface area contributed by atoms with Gasteiger partial charge in [0.2, 0.25) is 0 Å². The zero-order valence-electron chi connectivity index (χ0n) is 15.5. The van der Waals surface area contributed by atoms with Crippen molar-refractivity contribution in [2.24, 2.45) is 0 Å². The second-order valence-electron chi connectivity index (χ2n) is 5.56. The van der Waals surface area contributed by atoms with Crippen LogP contribution in [0.4, 0.5) is 5.69 Å². The number of hydrogen-bond acceptors (Lipinski definition) is 6. The Labute approximate surface area is 160 Å². The van der Waals surface area contributed by atoms with E-state index >= 15 is 0 Å². The van der Waals surface area contributed by atoms with Gasteiger partial charge in [0.15, 0.2) is 17.6 Å². The average Bonchev–Trinajstić information content (AvgIpc) is 2.67. The molecule has 0 heterocycles. The van der Waals surface area contributed by atoms with Crippen LogP contribution in [0, 0.1) is 0 Å². The van der Waals surface area contributed by atoms with E-state index in [1.807, 2.05) is 0 Å². The predicted molar refractivity (Wildman–Crippen MR) is 102 cm³/mol. The van der Waals surface area contributed by atoms with Crippen LogP contribution in [0.3, 0.4) is 0 Å². The summed E-state index contributed by atoms with van der Waals surface area (Å²) in [5.41, 5.74) is 0.639. The monoisotopic (exact) mass is 391 g/mol. The fraction of sp³-hybridized carbons (Fsp3) is 0.263. The first kappa shape index (κ1) is 20.4. The quantitative estimate of drug-likeness (QED) is 0.730. The van der Waals surface area contributed by atoms with Crippen molar-refractivity contribution in [2.75, 3.05) is 25.8 Å². The van der Waals surface area contributed by atoms with Gasteiger partial charge in [-0.1, -0.05) is 12.1 Å². The minimum absolute atomic E-state index is 0.170. The molecular weight excluding hydrogens is 370 g/mol. The highest BCUT2D eigenvalue weighted by molar-refractivity contribution is 7.84. The molecule has 0 saturated carbocycles. The number of nitrogens with one attached hydrogen (secondary N) is 1. The predicted octanol–water partition coefficient (Wildman–Crippen LogP) is 2.63. The number of ether oxygens (including phenoxy) is 3. The third-order valence-corrected chi connectivity index (χ3v) is 4.70. The van der Waals surface area contributed by atoms with Gasteiger partial charge in [-0.25, -0.2) is 4.79 Å². The van der Waals surface area contributed by atoms with Crippen LogP contribution in [0.25, 0.3) is 0 Å². The molecule has 7 nitrogen and oxygen atoms in total. The van der Waals surface area contributed by atoms with E-state index in [2.05, 4.69) is 5.32 Å². The van der Waals surface area contributed by atoms with Gasteiger partial charge in [0, 0.05) is 18.0 Å². The maximum Gasteiger partial charge on any atom is 0.340 e. The smallest absolute Gasteiger partial charge is 0.340 e. The minimum Gasteiger partial charge on any atom is -0.493 e. The van der Waals surface area contributed by atoms with Crippen LogP contribution in [0.5, 0.6) is 11.5 Å². The largest absolute Gasteiger partial charge is 0.493 e. The molecule has 0 aliphatic carbocycles. The van der Waals surface area contributed by atoms with Crippen LogP contribution < -0.4 is 14.8 Å². The summed E-state index contributed by atoms with van der Waals surface area (Å²) < 4.78 is 27.3. The van der Waals surface area contributed by atoms with Crippen molar-refractivity contribution >= 4 is 28.4 Å². The highest BCUT2D eigenvalue weighted by Crippen LogP contribution is 2.29. The maximum absolute atomic E-state index is 12.3. The van der Waals surface area contributed by atoms with E-state index in [4.69, 9.17) is 14.2 Å². The van der Waals surface area contributed by atoms with E-state index in [0.717, 1.165) is 0 Å². The highest BCUT2D eigenvalue weighted by Gasteiger charge is 2.22. The third-order valence-electron chi connectivity index (χ3n) is 3.72. The number of methoxy groups -OCH3 is 2. The second kappa shape index (κ2) is 9.18. The molecule has 0 aromatic heterocycles. The molecule has 1 N–H and O–H groups in total. The molecule has 2 atom stereocenters. The van der Waals surface area contributed by atoms with Crippen molar-refractivity contribution in [3.63, 3.8) is 0 Å². The molecule has 27 heavy (non-hydrogen) atoms. The summed E-state index contributed by atoms with van der Waals surface area (Å²) in [5.74, 6) is -0.236. The van der Waals surface area contributed by atoms with Gasteiger partial charge >= 0.3 is 5.97 Å². The number of amides is 1. The van der Waals surface area contributed by atoms with Gasteiger partial charge in [-0.15, -0.1) is 0 Å². The van der Waals surface area contributed by atoms with Gasteiger partial charge < -0.3 is 19.5 Å². The van der Waals surface area contributed by atoms with Crippen molar-refractivity contribution in [3.8, 4) is 11.5 Å². The van der Waals surface area contributed by atoms with Gasteiger partial charge in [-0.3, -0.25) is 9.00 Å². The Morgan fingerprint density at radius 1 is 1.04 bits per heavy atom. The second-order valence-corrected chi connectivity index (χ2v) is 6.90. The van der Waals surface area contributed by atoms with Crippen molar-refractivity contribution in [3.05, 3.63) is 48.0 Å². The zero-order valence-corrected chi connectivity index (χ0v) is 16.3. The molecule has 144 valence electrons. The lowest BCUT2D eigenvalue weighted by molar-refractivity contribution is -0.123. The lowest BCUT2D eigenvalue weighted by Crippen LogP contribution is -2.30. The van der Waals surface area contributed by atoms with Gasteiger partial charge in [0.25, 0.3) is 5.91 Å². The van der Waals surface area contributed by atoms with Crippen molar-refractivity contribution in [2.45, 2.75) is 17.9 Å². The molecular formula is C19H21NO6S. The van der Waals surface area contributed by atoms with E-state index in [9.17, 15) is 13.8 Å². The Hall–Kier alpha value is -2.87. The molecule has 0 aliphatic rings. The molecule has 0 saturated heterocycles. The topological polar surface area (TPSA) is 90.9 Å². The fourth-order valence-electron chi connectivity index (χ4n) is 2.32. The lowest BCUT2D eigenvalue weighted by Gasteiger charge is -2.15. The van der Waals surface area contributed by atoms with Crippen LogP contribution in [-0.2, 0) is 20.3 Å². The summed E-state index contributed by atoms with van der Waals surface area (Å²) in [7, 11) is 1.65. The van der Waals surface area contributed by atoms with Crippen molar-refractivity contribution in [1.29, 1.82) is 0 Å². The number of hydrogen-bond donors (Lipinski definition) is 1. The molecule has 0 bridgehead atoms. The molecule has 2 aromatic carbocycles. The minimum atomic E-state index is -1.35. The van der Waals surface area contributed by atoms with Crippen molar-refractivity contribution < 1.29 is 28.0 Å². The van der Waals surface area contributed by atoms with Gasteiger partial charge in [-0.2, -0.15) is 0 Å². The van der Waals surface area contributed by atoms with Crippen LogP contribution in [0.2, 0.25) is 0 Å². The van der Waals surface area contributed by atoms with Gasteiger partial charge in [0.05, 0.1) is 35.5 Å². The van der Waals surface area contributed by atoms with E-state index in [1.54, 1.807) is 36.4 Å². The Morgan fingerprint density at radius 2 is 1.70 bits per heavy atom. The Kier molecular flexibility index (Phi) is 6.95. The normalized spacial score (nSPS) is 12.6. The first-order valence-corrected chi connectivity index (χ1v) is 9.59. The van der Waals surface area contributed by atoms with E-state index in [-0.39, 0.29) is 5.56 Å². The number of esters is 1. The molecule has 0 unspecified atom stereocenters. The van der Waals surface area contributed by atoms with E-state index < -0.39 is 28.8 Å². The SMILES string of the molecule is COc1ccc(NC(=O)[C@H](C)OC(=O)c2ccccc2[S@](C)=O)cc1OC. The molecule has 0 aliphatic heterocycles. The van der Waals surface area contributed by atoms with Gasteiger partial charge in [-0.05, 0) is 31.2 Å². The number of benzene rings is 2. The molecule has 0 fully saturated rings. The summed E-state index contributed by atoms with van der Waals surface area (Å²) in [6, 6.07) is 11.3. The molecule has 2 aromatic rings. The van der Waals surface area contributed by atoms with Crippen LogP contribution in [-0.4, -0.2) is 42.7 Å². The van der Waals surface area contributed by atoms with E-state index in [1.165, 1.54) is 33.5 Å². The summed E-state index contributed by atoms with van der Waals surface area (Å²) in [6.45, 7) is 1.46. The Balaban J connectivity index is 2.08. The van der Waals surface area contributed by atoms with Crippen molar-refractivity contribution in [1.82, 2.24) is 0 Å².